The van der Waals surface area contributed by atoms with Gasteiger partial charge in [0.15, 0.2) is 17.0 Å². The van der Waals surface area contributed by atoms with Gasteiger partial charge in [0.2, 0.25) is 11.6 Å². The number of benzene rings is 2. The smallest absolute Gasteiger partial charge is 0.228 e. The van der Waals surface area contributed by atoms with Crippen LogP contribution in [0.1, 0.15) is 15.9 Å². The maximum Gasteiger partial charge on any atom is 0.228 e. The van der Waals surface area contributed by atoms with E-state index in [1.165, 1.54) is 14.2 Å². The number of rotatable bonds is 4. The summed E-state index contributed by atoms with van der Waals surface area (Å²) in [7, 11) is 3.02. The standard InChI is InChI=1S/C18H13N3O5/c1-24-9-7-12(25-2)14-13(8-9)26-21-18(14)20-19-15-16(22)10-5-3-4-6-11(10)17(15)23/h3-8,22H,1-2H3. The number of hydrogen-bond acceptors (Lipinski definition) is 8. The molecule has 8 nitrogen and oxygen atoms in total. The first-order valence-corrected chi connectivity index (χ1v) is 7.64. The topological polar surface area (TPSA) is 107 Å². The Morgan fingerprint density at radius 3 is 2.54 bits per heavy atom. The molecule has 1 heterocycles. The maximum atomic E-state index is 12.4. The summed E-state index contributed by atoms with van der Waals surface area (Å²) in [6, 6.07) is 10.0. The van der Waals surface area contributed by atoms with E-state index in [9.17, 15) is 9.90 Å². The number of carbonyl (C=O) groups excluding carboxylic acids is 1. The molecule has 1 N–H and O–H groups in total. The zero-order valence-electron chi connectivity index (χ0n) is 13.9. The van der Waals surface area contributed by atoms with E-state index < -0.39 is 5.78 Å². The molecule has 2 aromatic carbocycles. The van der Waals surface area contributed by atoms with Gasteiger partial charge in [-0.2, -0.15) is 0 Å². The van der Waals surface area contributed by atoms with Crippen LogP contribution in [0.25, 0.3) is 16.7 Å². The number of Topliss-reactive ketones (excluding diaryl/α,β-unsaturated/α-hetero) is 1. The molecule has 0 fully saturated rings. The molecule has 1 aromatic heterocycles. The third kappa shape index (κ3) is 2.31. The summed E-state index contributed by atoms with van der Waals surface area (Å²) in [6.45, 7) is 0. The van der Waals surface area contributed by atoms with Crippen LogP contribution in [0.5, 0.6) is 11.5 Å². The SMILES string of the molecule is COc1cc(OC)c2c(N=NC3=C(O)c4ccccc4C3=O)noc2c1. The first kappa shape index (κ1) is 15.8. The fourth-order valence-corrected chi connectivity index (χ4v) is 2.78. The van der Waals surface area contributed by atoms with Crippen LogP contribution in [0.3, 0.4) is 0 Å². The maximum absolute atomic E-state index is 12.4. The van der Waals surface area contributed by atoms with Crippen molar-refractivity contribution < 1.29 is 23.9 Å². The van der Waals surface area contributed by atoms with Crippen molar-refractivity contribution >= 4 is 28.3 Å². The minimum absolute atomic E-state index is 0.128. The molecule has 0 saturated carbocycles. The first-order chi connectivity index (χ1) is 12.6. The van der Waals surface area contributed by atoms with Gasteiger partial charge >= 0.3 is 0 Å². The summed E-state index contributed by atoms with van der Waals surface area (Å²) < 4.78 is 15.7. The summed E-state index contributed by atoms with van der Waals surface area (Å²) in [5.41, 5.74) is 1.06. The van der Waals surface area contributed by atoms with Gasteiger partial charge in [0.05, 0.1) is 14.2 Å². The highest BCUT2D eigenvalue weighted by atomic mass is 16.5. The van der Waals surface area contributed by atoms with Crippen molar-refractivity contribution in [3.05, 3.63) is 53.2 Å². The largest absolute Gasteiger partial charge is 0.505 e. The molecule has 0 radical (unpaired) electrons. The van der Waals surface area contributed by atoms with Crippen molar-refractivity contribution in [3.8, 4) is 11.5 Å². The minimum atomic E-state index is -0.400. The van der Waals surface area contributed by atoms with Gasteiger partial charge < -0.3 is 19.1 Å². The zero-order chi connectivity index (χ0) is 18.3. The Bertz CT molecular complexity index is 1100. The molecule has 0 unspecified atom stereocenters. The monoisotopic (exact) mass is 351 g/mol. The van der Waals surface area contributed by atoms with Gasteiger partial charge in [-0.1, -0.05) is 29.4 Å². The Balaban J connectivity index is 1.77. The van der Waals surface area contributed by atoms with E-state index in [4.69, 9.17) is 14.0 Å². The molecule has 0 aliphatic heterocycles. The number of allylic oxidation sites excluding steroid dienone is 1. The number of nitrogens with zero attached hydrogens (tertiary/aromatic N) is 3. The second kappa shape index (κ2) is 5.99. The van der Waals surface area contributed by atoms with Crippen molar-refractivity contribution in [2.75, 3.05) is 14.2 Å². The van der Waals surface area contributed by atoms with Gasteiger partial charge in [-0.05, 0) is 0 Å². The molecule has 0 bridgehead atoms. The molecule has 0 atom stereocenters. The molecule has 26 heavy (non-hydrogen) atoms. The van der Waals surface area contributed by atoms with Gasteiger partial charge in [0.25, 0.3) is 0 Å². The number of aromatic nitrogens is 1. The van der Waals surface area contributed by atoms with Gasteiger partial charge in [-0.25, -0.2) is 0 Å². The lowest BCUT2D eigenvalue weighted by atomic mass is 10.1. The normalized spacial score (nSPS) is 13.7. The van der Waals surface area contributed by atoms with Crippen LogP contribution in [-0.2, 0) is 0 Å². The second-order valence-corrected chi connectivity index (χ2v) is 5.48. The second-order valence-electron chi connectivity index (χ2n) is 5.48. The molecule has 1 aliphatic carbocycles. The minimum Gasteiger partial charge on any atom is -0.505 e. The number of ether oxygens (including phenoxy) is 2. The highest BCUT2D eigenvalue weighted by Gasteiger charge is 2.29. The quantitative estimate of drug-likeness (QED) is 0.711. The fourth-order valence-electron chi connectivity index (χ4n) is 2.78. The Hall–Kier alpha value is -3.68. The number of azo groups is 1. The number of carbonyl (C=O) groups is 1. The average Bonchev–Trinajstić information content (AvgIpc) is 3.19. The number of methoxy groups -OCH3 is 2. The Morgan fingerprint density at radius 2 is 1.85 bits per heavy atom. The molecule has 4 rings (SSSR count). The summed E-state index contributed by atoms with van der Waals surface area (Å²) in [5, 5.41) is 22.5. The summed E-state index contributed by atoms with van der Waals surface area (Å²) in [6.07, 6.45) is 0. The molecular formula is C18H13N3O5. The van der Waals surface area contributed by atoms with Crippen molar-refractivity contribution in [2.45, 2.75) is 0 Å². The predicted octanol–water partition coefficient (Wildman–Crippen LogP) is 4.05. The van der Waals surface area contributed by atoms with Gasteiger partial charge in [0, 0.05) is 23.3 Å². The highest BCUT2D eigenvalue weighted by molar-refractivity contribution is 6.19. The van der Waals surface area contributed by atoms with Crippen LogP contribution in [-0.4, -0.2) is 30.3 Å². The molecule has 130 valence electrons. The van der Waals surface area contributed by atoms with Crippen molar-refractivity contribution in [1.29, 1.82) is 0 Å². The Kier molecular flexibility index (Phi) is 3.65. The molecule has 1 aliphatic rings. The van der Waals surface area contributed by atoms with E-state index in [1.54, 1.807) is 36.4 Å². The number of aliphatic hydroxyl groups is 1. The number of hydrogen-bond donors (Lipinski definition) is 1. The van der Waals surface area contributed by atoms with Crippen LogP contribution in [0.4, 0.5) is 5.82 Å². The molecule has 0 saturated heterocycles. The van der Waals surface area contributed by atoms with Gasteiger partial charge in [-0.15, -0.1) is 10.2 Å². The molecule has 8 heteroatoms. The van der Waals surface area contributed by atoms with Gasteiger partial charge in [0.1, 0.15) is 16.9 Å². The lowest BCUT2D eigenvalue weighted by Gasteiger charge is -2.04. The van der Waals surface area contributed by atoms with E-state index in [2.05, 4.69) is 15.4 Å². The van der Waals surface area contributed by atoms with E-state index in [0.29, 0.717) is 33.6 Å². The van der Waals surface area contributed by atoms with E-state index >= 15 is 0 Å². The Labute approximate surface area is 147 Å². The van der Waals surface area contributed by atoms with Crippen LogP contribution in [0, 0.1) is 0 Å². The highest BCUT2D eigenvalue weighted by Crippen LogP contribution is 2.38. The third-order valence-electron chi connectivity index (χ3n) is 4.06. The van der Waals surface area contributed by atoms with Crippen molar-refractivity contribution in [3.63, 3.8) is 0 Å². The first-order valence-electron chi connectivity index (χ1n) is 7.64. The fraction of sp³-hybridized carbons (Fsp3) is 0.111. The summed E-state index contributed by atoms with van der Waals surface area (Å²) in [5.74, 6) is 0.493. The van der Waals surface area contributed by atoms with E-state index in [0.717, 1.165) is 0 Å². The van der Waals surface area contributed by atoms with Crippen LogP contribution in [0.15, 0.2) is 56.8 Å². The molecular weight excluding hydrogens is 338 g/mol. The number of aliphatic hydroxyl groups excluding tert-OH is 1. The Morgan fingerprint density at radius 1 is 1.08 bits per heavy atom. The van der Waals surface area contributed by atoms with Gasteiger partial charge in [-0.3, -0.25) is 4.79 Å². The lowest BCUT2D eigenvalue weighted by molar-refractivity contribution is 0.103. The number of fused-ring (bicyclic) bond motifs is 2. The molecule has 0 spiro atoms. The third-order valence-corrected chi connectivity index (χ3v) is 4.06. The van der Waals surface area contributed by atoms with Crippen LogP contribution in [0.2, 0.25) is 0 Å². The van der Waals surface area contributed by atoms with Crippen molar-refractivity contribution in [2.24, 2.45) is 10.2 Å². The van der Waals surface area contributed by atoms with Crippen LogP contribution >= 0.6 is 0 Å². The van der Waals surface area contributed by atoms with Crippen LogP contribution < -0.4 is 9.47 Å². The zero-order valence-corrected chi connectivity index (χ0v) is 13.9. The summed E-state index contributed by atoms with van der Waals surface area (Å²) in [4.78, 5) is 12.4. The molecule has 0 amide bonds. The molecule has 3 aromatic rings. The summed E-state index contributed by atoms with van der Waals surface area (Å²) >= 11 is 0. The average molecular weight is 351 g/mol. The van der Waals surface area contributed by atoms with E-state index in [1.807, 2.05) is 0 Å². The van der Waals surface area contributed by atoms with Crippen molar-refractivity contribution in [1.82, 2.24) is 5.16 Å². The lowest BCUT2D eigenvalue weighted by Crippen LogP contribution is -1.95. The number of ketones is 1. The predicted molar refractivity (Wildman–Crippen MR) is 92.0 cm³/mol. The van der Waals surface area contributed by atoms with E-state index in [-0.39, 0.29) is 17.3 Å².